The fourth-order valence-corrected chi connectivity index (χ4v) is 3.12. The number of anilines is 1. The zero-order valence-electron chi connectivity index (χ0n) is 15.9. The number of amides is 2. The molecular weight excluding hydrogens is 324 g/mol. The number of benzene rings is 2. The summed E-state index contributed by atoms with van der Waals surface area (Å²) in [6, 6.07) is 16.2. The quantitative estimate of drug-likeness (QED) is 0.735. The standard InChI is InChI=1S/C22H28N2O2/c1-17-9-7-10-18(2)22(17)24(19(3)25)16-14-21(26)23-15-8-13-20-11-5-4-6-12-20/h4-7,9-12H,8,13-16H2,1-3H3,(H,23,26). The molecule has 0 saturated carbocycles. The Bertz CT molecular complexity index is 721. The van der Waals surface area contributed by atoms with Gasteiger partial charge in [-0.3, -0.25) is 9.59 Å². The smallest absolute Gasteiger partial charge is 0.223 e. The summed E-state index contributed by atoms with van der Waals surface area (Å²) in [7, 11) is 0. The first-order valence-corrected chi connectivity index (χ1v) is 9.14. The largest absolute Gasteiger partial charge is 0.356 e. The first-order valence-electron chi connectivity index (χ1n) is 9.14. The molecule has 2 aromatic rings. The summed E-state index contributed by atoms with van der Waals surface area (Å²) in [6.07, 6.45) is 2.16. The molecule has 0 bridgehead atoms. The lowest BCUT2D eigenvalue weighted by Crippen LogP contribution is -2.35. The third-order valence-corrected chi connectivity index (χ3v) is 4.46. The van der Waals surface area contributed by atoms with Crippen molar-refractivity contribution < 1.29 is 9.59 Å². The van der Waals surface area contributed by atoms with Crippen molar-refractivity contribution in [3.63, 3.8) is 0 Å². The Morgan fingerprint density at radius 2 is 1.62 bits per heavy atom. The SMILES string of the molecule is CC(=O)N(CCC(=O)NCCCc1ccccc1)c1c(C)cccc1C. The van der Waals surface area contributed by atoms with E-state index < -0.39 is 0 Å². The van der Waals surface area contributed by atoms with Gasteiger partial charge in [0.05, 0.1) is 0 Å². The van der Waals surface area contributed by atoms with Gasteiger partial charge in [0.15, 0.2) is 0 Å². The van der Waals surface area contributed by atoms with E-state index in [9.17, 15) is 9.59 Å². The highest BCUT2D eigenvalue weighted by Crippen LogP contribution is 2.24. The molecule has 0 heterocycles. The summed E-state index contributed by atoms with van der Waals surface area (Å²) in [4.78, 5) is 25.9. The Morgan fingerprint density at radius 3 is 2.23 bits per heavy atom. The zero-order chi connectivity index (χ0) is 18.9. The third kappa shape index (κ3) is 5.73. The van der Waals surface area contributed by atoms with Gasteiger partial charge >= 0.3 is 0 Å². The molecule has 1 N–H and O–H groups in total. The number of carbonyl (C=O) groups is 2. The van der Waals surface area contributed by atoms with Crippen molar-refractivity contribution in [1.82, 2.24) is 5.32 Å². The van der Waals surface area contributed by atoms with Gasteiger partial charge < -0.3 is 10.2 Å². The third-order valence-electron chi connectivity index (χ3n) is 4.46. The minimum Gasteiger partial charge on any atom is -0.356 e. The van der Waals surface area contributed by atoms with Gasteiger partial charge in [0.25, 0.3) is 0 Å². The lowest BCUT2D eigenvalue weighted by Gasteiger charge is -2.25. The first-order chi connectivity index (χ1) is 12.5. The minimum absolute atomic E-state index is 0.0180. The average molecular weight is 352 g/mol. The summed E-state index contributed by atoms with van der Waals surface area (Å²) in [5.74, 6) is -0.0603. The summed E-state index contributed by atoms with van der Waals surface area (Å²) in [5, 5.41) is 2.95. The van der Waals surface area contributed by atoms with Gasteiger partial charge in [-0.25, -0.2) is 0 Å². The number of hydrogen-bond acceptors (Lipinski definition) is 2. The van der Waals surface area contributed by atoms with Crippen molar-refractivity contribution in [3.05, 3.63) is 65.2 Å². The highest BCUT2D eigenvalue weighted by atomic mass is 16.2. The highest BCUT2D eigenvalue weighted by molar-refractivity contribution is 5.94. The summed E-state index contributed by atoms with van der Waals surface area (Å²) in [5.41, 5.74) is 4.28. The molecule has 0 unspecified atom stereocenters. The molecular formula is C22H28N2O2. The summed E-state index contributed by atoms with van der Waals surface area (Å²) < 4.78 is 0. The number of nitrogens with one attached hydrogen (secondary N) is 1. The molecule has 26 heavy (non-hydrogen) atoms. The molecule has 138 valence electrons. The van der Waals surface area contributed by atoms with E-state index in [4.69, 9.17) is 0 Å². The van der Waals surface area contributed by atoms with Gasteiger partial charge in [0.2, 0.25) is 11.8 Å². The van der Waals surface area contributed by atoms with Crippen LogP contribution in [0.1, 0.15) is 36.5 Å². The minimum atomic E-state index is -0.0423. The van der Waals surface area contributed by atoms with Gasteiger partial charge in [-0.1, -0.05) is 48.5 Å². The summed E-state index contributed by atoms with van der Waals surface area (Å²) >= 11 is 0. The van der Waals surface area contributed by atoms with Gasteiger partial charge in [0.1, 0.15) is 0 Å². The van der Waals surface area contributed by atoms with E-state index >= 15 is 0 Å². The Balaban J connectivity index is 1.81. The maximum atomic E-state index is 12.1. The highest BCUT2D eigenvalue weighted by Gasteiger charge is 2.17. The van der Waals surface area contributed by atoms with Gasteiger partial charge in [-0.2, -0.15) is 0 Å². The van der Waals surface area contributed by atoms with Crippen LogP contribution in [0.3, 0.4) is 0 Å². The molecule has 0 aliphatic carbocycles. The molecule has 0 aromatic heterocycles. The van der Waals surface area contributed by atoms with Crippen molar-refractivity contribution in [2.45, 2.75) is 40.0 Å². The van der Waals surface area contributed by atoms with E-state index in [2.05, 4.69) is 17.4 Å². The van der Waals surface area contributed by atoms with Crippen LogP contribution in [0, 0.1) is 13.8 Å². The lowest BCUT2D eigenvalue weighted by atomic mass is 10.1. The molecule has 0 radical (unpaired) electrons. The number of aryl methyl sites for hydroxylation is 3. The Kier molecular flexibility index (Phi) is 7.39. The Labute approximate surface area is 156 Å². The molecule has 2 rings (SSSR count). The Morgan fingerprint density at radius 1 is 0.962 bits per heavy atom. The van der Waals surface area contributed by atoms with E-state index in [0.29, 0.717) is 19.5 Å². The van der Waals surface area contributed by atoms with Crippen molar-refractivity contribution in [3.8, 4) is 0 Å². The lowest BCUT2D eigenvalue weighted by molar-refractivity contribution is -0.121. The second-order valence-corrected chi connectivity index (χ2v) is 6.60. The van der Waals surface area contributed by atoms with Gasteiger partial charge in [-0.05, 0) is 43.4 Å². The molecule has 2 amide bonds. The van der Waals surface area contributed by atoms with E-state index in [1.165, 1.54) is 5.56 Å². The molecule has 0 saturated heterocycles. The monoisotopic (exact) mass is 352 g/mol. The van der Waals surface area contributed by atoms with Crippen LogP contribution in [0.4, 0.5) is 5.69 Å². The van der Waals surface area contributed by atoms with Crippen LogP contribution in [-0.2, 0) is 16.0 Å². The van der Waals surface area contributed by atoms with Crippen LogP contribution >= 0.6 is 0 Å². The van der Waals surface area contributed by atoms with Crippen LogP contribution in [0.5, 0.6) is 0 Å². The molecule has 0 fully saturated rings. The average Bonchev–Trinajstić information content (AvgIpc) is 2.61. The predicted molar refractivity (Wildman–Crippen MR) is 106 cm³/mol. The number of nitrogens with zero attached hydrogens (tertiary/aromatic N) is 1. The second-order valence-electron chi connectivity index (χ2n) is 6.60. The van der Waals surface area contributed by atoms with E-state index in [0.717, 1.165) is 29.7 Å². The van der Waals surface area contributed by atoms with Crippen molar-refractivity contribution in [2.75, 3.05) is 18.0 Å². The molecule has 0 aliphatic heterocycles. The van der Waals surface area contributed by atoms with Crippen LogP contribution in [0.2, 0.25) is 0 Å². The van der Waals surface area contributed by atoms with Crippen LogP contribution in [0.25, 0.3) is 0 Å². The maximum Gasteiger partial charge on any atom is 0.223 e. The van der Waals surface area contributed by atoms with Crippen LogP contribution < -0.4 is 10.2 Å². The number of carbonyl (C=O) groups excluding carboxylic acids is 2. The van der Waals surface area contributed by atoms with E-state index in [1.54, 1.807) is 11.8 Å². The van der Waals surface area contributed by atoms with E-state index in [1.807, 2.05) is 50.2 Å². The van der Waals surface area contributed by atoms with Crippen molar-refractivity contribution in [2.24, 2.45) is 0 Å². The molecule has 4 heteroatoms. The molecule has 4 nitrogen and oxygen atoms in total. The van der Waals surface area contributed by atoms with Gasteiger partial charge in [-0.15, -0.1) is 0 Å². The van der Waals surface area contributed by atoms with Crippen LogP contribution in [-0.4, -0.2) is 24.9 Å². The predicted octanol–water partition coefficient (Wildman–Crippen LogP) is 3.80. The first kappa shape index (κ1) is 19.7. The molecule has 0 aliphatic rings. The van der Waals surface area contributed by atoms with Gasteiger partial charge in [0, 0.05) is 32.1 Å². The number of rotatable bonds is 8. The number of para-hydroxylation sites is 1. The summed E-state index contributed by atoms with van der Waals surface area (Å²) in [6.45, 7) is 6.57. The maximum absolute atomic E-state index is 12.1. The fraction of sp³-hybridized carbons (Fsp3) is 0.364. The van der Waals surface area contributed by atoms with E-state index in [-0.39, 0.29) is 11.8 Å². The normalized spacial score (nSPS) is 10.4. The van der Waals surface area contributed by atoms with Crippen molar-refractivity contribution >= 4 is 17.5 Å². The van der Waals surface area contributed by atoms with Crippen molar-refractivity contribution in [1.29, 1.82) is 0 Å². The molecule has 2 aromatic carbocycles. The van der Waals surface area contributed by atoms with Crippen LogP contribution in [0.15, 0.2) is 48.5 Å². The fourth-order valence-electron chi connectivity index (χ4n) is 3.12. The second kappa shape index (κ2) is 9.76. The molecule has 0 spiro atoms. The topological polar surface area (TPSA) is 49.4 Å². The number of hydrogen-bond donors (Lipinski definition) is 1. The molecule has 0 atom stereocenters. The zero-order valence-corrected chi connectivity index (χ0v) is 15.9. The Hall–Kier alpha value is -2.62.